The van der Waals surface area contributed by atoms with Crippen LogP contribution in [0.3, 0.4) is 0 Å². The molecule has 5 nitrogen and oxygen atoms in total. The quantitative estimate of drug-likeness (QED) is 0.822. The van der Waals surface area contributed by atoms with E-state index in [0.717, 1.165) is 12.8 Å². The largest absolute Gasteiger partial charge is 0.383 e. The van der Waals surface area contributed by atoms with Gasteiger partial charge in [0.1, 0.15) is 5.60 Å². The molecule has 1 unspecified atom stereocenters. The summed E-state index contributed by atoms with van der Waals surface area (Å²) in [6, 6.07) is 8.36. The first-order chi connectivity index (χ1) is 10.9. The van der Waals surface area contributed by atoms with Crippen molar-refractivity contribution in [3.8, 4) is 0 Å². The van der Waals surface area contributed by atoms with Gasteiger partial charge in [-0.25, -0.2) is 0 Å². The maximum absolute atomic E-state index is 11.9. The summed E-state index contributed by atoms with van der Waals surface area (Å²) < 4.78 is 1.63. The molecule has 1 amide bonds. The molecule has 124 valence electrons. The van der Waals surface area contributed by atoms with Crippen molar-refractivity contribution < 1.29 is 9.90 Å². The van der Waals surface area contributed by atoms with E-state index in [1.54, 1.807) is 31.0 Å². The molecule has 0 radical (unpaired) electrons. The predicted octanol–water partition coefficient (Wildman–Crippen LogP) is 2.08. The number of aryl methyl sites for hydroxylation is 3. The molecule has 0 aliphatic rings. The standard InChI is InChI=1S/C18H25N3O2/c1-14-7-9-15(10-8-14)5-4-6-17(22)19-13-18(2,23)16-11-20-21(3)12-16/h7-12,23H,4-6,13H2,1-3H3,(H,19,22). The van der Waals surface area contributed by atoms with Gasteiger partial charge in [0.25, 0.3) is 0 Å². The third-order valence-corrected chi connectivity index (χ3v) is 3.95. The number of hydrogen-bond acceptors (Lipinski definition) is 3. The van der Waals surface area contributed by atoms with Crippen LogP contribution in [-0.2, 0) is 23.9 Å². The van der Waals surface area contributed by atoms with Crippen molar-refractivity contribution in [2.24, 2.45) is 7.05 Å². The summed E-state index contributed by atoms with van der Waals surface area (Å²) in [7, 11) is 1.79. The number of amides is 1. The van der Waals surface area contributed by atoms with E-state index in [-0.39, 0.29) is 12.5 Å². The maximum atomic E-state index is 11.9. The van der Waals surface area contributed by atoms with Crippen LogP contribution in [0.4, 0.5) is 0 Å². The van der Waals surface area contributed by atoms with E-state index in [2.05, 4.69) is 41.6 Å². The van der Waals surface area contributed by atoms with Crippen molar-refractivity contribution in [2.45, 2.75) is 38.7 Å². The van der Waals surface area contributed by atoms with Crippen LogP contribution in [0.2, 0.25) is 0 Å². The first kappa shape index (κ1) is 17.2. The van der Waals surface area contributed by atoms with Gasteiger partial charge < -0.3 is 10.4 Å². The van der Waals surface area contributed by atoms with Crippen molar-refractivity contribution in [2.75, 3.05) is 6.54 Å². The van der Waals surface area contributed by atoms with Gasteiger partial charge in [0.15, 0.2) is 0 Å². The van der Waals surface area contributed by atoms with Crippen LogP contribution in [0.1, 0.15) is 36.5 Å². The fourth-order valence-electron chi connectivity index (χ4n) is 2.37. The number of rotatable bonds is 7. The lowest BCUT2D eigenvalue weighted by molar-refractivity contribution is -0.122. The normalized spacial score (nSPS) is 13.6. The average molecular weight is 315 g/mol. The van der Waals surface area contributed by atoms with Crippen molar-refractivity contribution in [1.82, 2.24) is 15.1 Å². The van der Waals surface area contributed by atoms with Crippen LogP contribution in [0.15, 0.2) is 36.7 Å². The second-order valence-electron chi connectivity index (χ2n) is 6.29. The van der Waals surface area contributed by atoms with Crippen LogP contribution >= 0.6 is 0 Å². The van der Waals surface area contributed by atoms with Gasteiger partial charge >= 0.3 is 0 Å². The molecule has 0 bridgehead atoms. The van der Waals surface area contributed by atoms with Gasteiger partial charge in [-0.1, -0.05) is 29.8 Å². The predicted molar refractivity (Wildman–Crippen MR) is 89.9 cm³/mol. The zero-order valence-electron chi connectivity index (χ0n) is 14.0. The van der Waals surface area contributed by atoms with E-state index in [4.69, 9.17) is 0 Å². The van der Waals surface area contributed by atoms with E-state index >= 15 is 0 Å². The van der Waals surface area contributed by atoms with Gasteiger partial charge in [0, 0.05) is 25.2 Å². The van der Waals surface area contributed by atoms with Crippen molar-refractivity contribution in [3.05, 3.63) is 53.3 Å². The summed E-state index contributed by atoms with van der Waals surface area (Å²) in [6.45, 7) is 3.92. The molecule has 0 spiro atoms. The summed E-state index contributed by atoms with van der Waals surface area (Å²) in [5.41, 5.74) is 2.07. The number of carbonyl (C=O) groups excluding carboxylic acids is 1. The molecule has 2 N–H and O–H groups in total. The SMILES string of the molecule is Cc1ccc(CCCC(=O)NCC(C)(O)c2cnn(C)c2)cc1. The monoisotopic (exact) mass is 315 g/mol. The van der Waals surface area contributed by atoms with Crippen LogP contribution in [0.25, 0.3) is 0 Å². The Bertz CT molecular complexity index is 645. The highest BCUT2D eigenvalue weighted by molar-refractivity contribution is 5.75. The second-order valence-corrected chi connectivity index (χ2v) is 6.29. The van der Waals surface area contributed by atoms with Crippen molar-refractivity contribution in [1.29, 1.82) is 0 Å². The van der Waals surface area contributed by atoms with Gasteiger partial charge in [-0.15, -0.1) is 0 Å². The molecular formula is C18H25N3O2. The topological polar surface area (TPSA) is 67.2 Å². The van der Waals surface area contributed by atoms with Crippen LogP contribution in [-0.4, -0.2) is 27.3 Å². The lowest BCUT2D eigenvalue weighted by Crippen LogP contribution is -2.38. The highest BCUT2D eigenvalue weighted by atomic mass is 16.3. The van der Waals surface area contributed by atoms with Gasteiger partial charge in [-0.2, -0.15) is 5.10 Å². The van der Waals surface area contributed by atoms with E-state index in [9.17, 15) is 9.90 Å². The summed E-state index contributed by atoms with van der Waals surface area (Å²) in [6.07, 6.45) is 5.50. The summed E-state index contributed by atoms with van der Waals surface area (Å²) in [5.74, 6) is -0.0405. The third-order valence-electron chi connectivity index (χ3n) is 3.95. The first-order valence-electron chi connectivity index (χ1n) is 7.90. The number of benzene rings is 1. The molecule has 0 aliphatic heterocycles. The molecule has 0 aliphatic carbocycles. The third kappa shape index (κ3) is 5.21. The second kappa shape index (κ2) is 7.42. The number of hydrogen-bond donors (Lipinski definition) is 2. The molecule has 2 rings (SSSR count). The van der Waals surface area contributed by atoms with Crippen LogP contribution in [0.5, 0.6) is 0 Å². The summed E-state index contributed by atoms with van der Waals surface area (Å²) in [4.78, 5) is 11.9. The molecule has 23 heavy (non-hydrogen) atoms. The number of nitrogens with one attached hydrogen (secondary N) is 1. The molecule has 0 saturated carbocycles. The fourth-order valence-corrected chi connectivity index (χ4v) is 2.37. The minimum Gasteiger partial charge on any atom is -0.383 e. The number of carbonyl (C=O) groups is 1. The molecule has 0 fully saturated rings. The number of aromatic nitrogens is 2. The highest BCUT2D eigenvalue weighted by Crippen LogP contribution is 2.18. The highest BCUT2D eigenvalue weighted by Gasteiger charge is 2.25. The zero-order valence-corrected chi connectivity index (χ0v) is 14.0. The maximum Gasteiger partial charge on any atom is 0.220 e. The van der Waals surface area contributed by atoms with Gasteiger partial charge in [-0.05, 0) is 32.3 Å². The Morgan fingerprint density at radius 2 is 2.04 bits per heavy atom. The average Bonchev–Trinajstić information content (AvgIpc) is 2.95. The Labute approximate surface area is 137 Å². The van der Waals surface area contributed by atoms with E-state index < -0.39 is 5.60 Å². The Kier molecular flexibility index (Phi) is 5.55. The van der Waals surface area contributed by atoms with Gasteiger partial charge in [-0.3, -0.25) is 9.48 Å². The number of aliphatic hydroxyl groups is 1. The molecule has 1 atom stereocenters. The summed E-state index contributed by atoms with van der Waals surface area (Å²) in [5, 5.41) is 17.3. The van der Waals surface area contributed by atoms with E-state index in [1.807, 2.05) is 0 Å². The molecule has 2 aromatic rings. The minimum atomic E-state index is -1.11. The van der Waals surface area contributed by atoms with Crippen molar-refractivity contribution in [3.63, 3.8) is 0 Å². The smallest absolute Gasteiger partial charge is 0.220 e. The molecule has 5 heteroatoms. The molecule has 1 aromatic carbocycles. The zero-order chi connectivity index (χ0) is 16.9. The number of nitrogens with zero attached hydrogens (tertiary/aromatic N) is 2. The lowest BCUT2D eigenvalue weighted by atomic mass is 9.99. The van der Waals surface area contributed by atoms with E-state index in [1.165, 1.54) is 11.1 Å². The molecular weight excluding hydrogens is 290 g/mol. The summed E-state index contributed by atoms with van der Waals surface area (Å²) >= 11 is 0. The molecule has 1 aromatic heterocycles. The lowest BCUT2D eigenvalue weighted by Gasteiger charge is -2.22. The first-order valence-corrected chi connectivity index (χ1v) is 7.90. The Morgan fingerprint density at radius 3 is 2.65 bits per heavy atom. The Morgan fingerprint density at radius 1 is 1.35 bits per heavy atom. The minimum absolute atomic E-state index is 0.0405. The van der Waals surface area contributed by atoms with Crippen LogP contribution in [0, 0.1) is 6.92 Å². The van der Waals surface area contributed by atoms with Gasteiger partial charge in [0.2, 0.25) is 5.91 Å². The fraction of sp³-hybridized carbons (Fsp3) is 0.444. The molecule has 1 heterocycles. The Balaban J connectivity index is 1.73. The van der Waals surface area contributed by atoms with Gasteiger partial charge in [0.05, 0.1) is 12.7 Å². The molecule has 0 saturated heterocycles. The Hall–Kier alpha value is -2.14. The van der Waals surface area contributed by atoms with Crippen molar-refractivity contribution >= 4 is 5.91 Å². The van der Waals surface area contributed by atoms with E-state index in [0.29, 0.717) is 12.0 Å². The van der Waals surface area contributed by atoms with Crippen LogP contribution < -0.4 is 5.32 Å².